The van der Waals surface area contributed by atoms with Crippen LogP contribution in [0.4, 0.5) is 0 Å². The molecular weight excluding hydrogens is 284 g/mol. The van der Waals surface area contributed by atoms with Crippen LogP contribution in [0.5, 0.6) is 5.75 Å². The molecule has 0 bridgehead atoms. The minimum Gasteiger partial charge on any atom is -0.493 e. The van der Waals surface area contributed by atoms with Gasteiger partial charge in [0, 0.05) is 23.1 Å². The molecule has 0 unspecified atom stereocenters. The van der Waals surface area contributed by atoms with E-state index in [1.807, 2.05) is 6.92 Å². The molecule has 0 fully saturated rings. The monoisotopic (exact) mass is 318 g/mol. The first kappa shape index (κ1) is 19.7. The van der Waals surface area contributed by atoms with Gasteiger partial charge in [-0.2, -0.15) is 0 Å². The van der Waals surface area contributed by atoms with Crippen LogP contribution >= 0.6 is 0 Å². The molecule has 0 radical (unpaired) electrons. The largest absolute Gasteiger partial charge is 0.493 e. The zero-order valence-electron chi connectivity index (χ0n) is 16.3. The van der Waals surface area contributed by atoms with Crippen LogP contribution in [0.2, 0.25) is 0 Å². The first-order valence-corrected chi connectivity index (χ1v) is 8.87. The number of ether oxygens (including phenoxy) is 1. The van der Waals surface area contributed by atoms with Gasteiger partial charge in [0.2, 0.25) is 0 Å². The van der Waals surface area contributed by atoms with Gasteiger partial charge in [-0.25, -0.2) is 0 Å². The molecule has 0 atom stereocenters. The van der Waals surface area contributed by atoms with E-state index < -0.39 is 0 Å². The molecule has 2 heteroatoms. The summed E-state index contributed by atoms with van der Waals surface area (Å²) >= 11 is 0. The molecule has 0 heterocycles. The van der Waals surface area contributed by atoms with Crippen LogP contribution in [0.3, 0.4) is 0 Å². The van der Waals surface area contributed by atoms with Gasteiger partial charge in [-0.05, 0) is 35.8 Å². The summed E-state index contributed by atoms with van der Waals surface area (Å²) in [6.45, 7) is 18.0. The Morgan fingerprint density at radius 1 is 0.913 bits per heavy atom. The Bertz CT molecular complexity index is 507. The fourth-order valence-corrected chi connectivity index (χ4v) is 2.64. The average molecular weight is 319 g/mol. The van der Waals surface area contributed by atoms with Crippen LogP contribution in [0.15, 0.2) is 12.1 Å². The van der Waals surface area contributed by atoms with E-state index >= 15 is 0 Å². The van der Waals surface area contributed by atoms with Crippen molar-refractivity contribution in [3.8, 4) is 5.75 Å². The Kier molecular flexibility index (Phi) is 6.44. The molecule has 23 heavy (non-hydrogen) atoms. The lowest BCUT2D eigenvalue weighted by atomic mass is 9.78. The summed E-state index contributed by atoms with van der Waals surface area (Å²) in [5.41, 5.74) is 2.97. The van der Waals surface area contributed by atoms with Crippen LogP contribution in [0.1, 0.15) is 96.1 Å². The van der Waals surface area contributed by atoms with E-state index in [9.17, 15) is 4.79 Å². The van der Waals surface area contributed by atoms with Gasteiger partial charge < -0.3 is 4.74 Å². The van der Waals surface area contributed by atoms with E-state index in [0.717, 1.165) is 35.3 Å². The SMILES string of the molecule is CCCOc1c(C(C)(C)C)cc(C(=O)CCC)cc1C(C)(C)C. The minimum absolute atomic E-state index is 0.0639. The number of hydrogen-bond acceptors (Lipinski definition) is 2. The van der Waals surface area contributed by atoms with Gasteiger partial charge in [0.15, 0.2) is 5.78 Å². The highest BCUT2D eigenvalue weighted by molar-refractivity contribution is 5.96. The second-order valence-corrected chi connectivity index (χ2v) is 8.42. The fraction of sp³-hybridized carbons (Fsp3) is 0.667. The molecule has 0 spiro atoms. The Hall–Kier alpha value is -1.31. The predicted molar refractivity (Wildman–Crippen MR) is 98.9 cm³/mol. The molecule has 0 saturated heterocycles. The quantitative estimate of drug-likeness (QED) is 0.596. The van der Waals surface area contributed by atoms with Crippen molar-refractivity contribution in [2.45, 2.75) is 85.5 Å². The highest BCUT2D eigenvalue weighted by Crippen LogP contribution is 2.41. The predicted octanol–water partition coefficient (Wildman–Crippen LogP) is 6.05. The zero-order chi connectivity index (χ0) is 17.8. The number of carbonyl (C=O) groups excluding carboxylic acids is 1. The molecule has 0 saturated carbocycles. The van der Waals surface area contributed by atoms with Crippen LogP contribution < -0.4 is 4.74 Å². The van der Waals surface area contributed by atoms with E-state index in [1.54, 1.807) is 0 Å². The summed E-state index contributed by atoms with van der Waals surface area (Å²) in [5.74, 6) is 1.20. The van der Waals surface area contributed by atoms with Crippen molar-refractivity contribution in [2.75, 3.05) is 6.61 Å². The number of ketones is 1. The highest BCUT2D eigenvalue weighted by atomic mass is 16.5. The second kappa shape index (κ2) is 7.51. The number of carbonyl (C=O) groups is 1. The topological polar surface area (TPSA) is 26.3 Å². The molecule has 1 aromatic rings. The third kappa shape index (κ3) is 5.09. The smallest absolute Gasteiger partial charge is 0.162 e. The number of rotatable bonds is 6. The van der Waals surface area contributed by atoms with Crippen molar-refractivity contribution in [1.82, 2.24) is 0 Å². The first-order valence-electron chi connectivity index (χ1n) is 8.87. The number of benzene rings is 1. The third-order valence-electron chi connectivity index (χ3n) is 3.95. The normalized spacial score (nSPS) is 12.3. The highest BCUT2D eigenvalue weighted by Gasteiger charge is 2.28. The molecule has 0 aromatic heterocycles. The molecular formula is C21H34O2. The lowest BCUT2D eigenvalue weighted by molar-refractivity contribution is 0.0981. The molecule has 1 aromatic carbocycles. The summed E-state index contributed by atoms with van der Waals surface area (Å²) < 4.78 is 6.15. The van der Waals surface area contributed by atoms with Gasteiger partial charge in [-0.3, -0.25) is 4.79 Å². The van der Waals surface area contributed by atoms with Crippen LogP contribution in [-0.4, -0.2) is 12.4 Å². The van der Waals surface area contributed by atoms with Gasteiger partial charge in [0.25, 0.3) is 0 Å². The minimum atomic E-state index is -0.0639. The van der Waals surface area contributed by atoms with Crippen LogP contribution in [0.25, 0.3) is 0 Å². The standard InChI is InChI=1S/C21H34O2/c1-9-11-18(22)15-13-16(20(3,4)5)19(23-12-10-2)17(14-15)21(6,7)8/h13-14H,9-12H2,1-8H3. The molecule has 0 amide bonds. The molecule has 0 aliphatic carbocycles. The van der Waals surface area contributed by atoms with Crippen LogP contribution in [0, 0.1) is 0 Å². The lowest BCUT2D eigenvalue weighted by Crippen LogP contribution is -2.21. The van der Waals surface area contributed by atoms with E-state index in [0.29, 0.717) is 13.0 Å². The van der Waals surface area contributed by atoms with Crippen molar-refractivity contribution in [1.29, 1.82) is 0 Å². The van der Waals surface area contributed by atoms with Crippen molar-refractivity contribution in [3.05, 3.63) is 28.8 Å². The van der Waals surface area contributed by atoms with E-state index in [-0.39, 0.29) is 16.6 Å². The summed E-state index contributed by atoms with van der Waals surface area (Å²) in [6.07, 6.45) is 2.45. The molecule has 0 aliphatic rings. The van der Waals surface area contributed by atoms with Gasteiger partial charge >= 0.3 is 0 Å². The van der Waals surface area contributed by atoms with E-state index in [1.165, 1.54) is 0 Å². The van der Waals surface area contributed by atoms with Gasteiger partial charge in [-0.15, -0.1) is 0 Å². The lowest BCUT2D eigenvalue weighted by Gasteiger charge is -2.30. The van der Waals surface area contributed by atoms with Gasteiger partial charge in [0.05, 0.1) is 6.61 Å². The summed E-state index contributed by atoms with van der Waals surface area (Å²) in [7, 11) is 0. The van der Waals surface area contributed by atoms with Gasteiger partial charge in [-0.1, -0.05) is 55.4 Å². The van der Waals surface area contributed by atoms with Crippen molar-refractivity contribution >= 4 is 5.78 Å². The van der Waals surface area contributed by atoms with E-state index in [2.05, 4.69) is 60.6 Å². The van der Waals surface area contributed by atoms with Crippen molar-refractivity contribution < 1.29 is 9.53 Å². The van der Waals surface area contributed by atoms with Crippen molar-refractivity contribution in [2.24, 2.45) is 0 Å². The fourth-order valence-electron chi connectivity index (χ4n) is 2.64. The summed E-state index contributed by atoms with van der Waals surface area (Å²) in [4.78, 5) is 12.5. The van der Waals surface area contributed by atoms with Crippen molar-refractivity contribution in [3.63, 3.8) is 0 Å². The molecule has 130 valence electrons. The molecule has 0 aliphatic heterocycles. The van der Waals surface area contributed by atoms with Gasteiger partial charge in [0.1, 0.15) is 5.75 Å². The maximum absolute atomic E-state index is 12.5. The Morgan fingerprint density at radius 3 is 1.74 bits per heavy atom. The number of Topliss-reactive ketones (excluding diaryl/α,β-unsaturated/α-hetero) is 1. The van der Waals surface area contributed by atoms with Crippen LogP contribution in [-0.2, 0) is 10.8 Å². The first-order chi connectivity index (χ1) is 10.5. The molecule has 1 rings (SSSR count). The third-order valence-corrected chi connectivity index (χ3v) is 3.95. The molecule has 0 N–H and O–H groups in total. The maximum atomic E-state index is 12.5. The summed E-state index contributed by atoms with van der Waals surface area (Å²) in [6, 6.07) is 4.11. The molecule has 2 nitrogen and oxygen atoms in total. The maximum Gasteiger partial charge on any atom is 0.162 e. The van der Waals surface area contributed by atoms with E-state index in [4.69, 9.17) is 4.74 Å². The Labute approximate surface area is 142 Å². The Balaban J connectivity index is 3.61. The second-order valence-electron chi connectivity index (χ2n) is 8.42. The Morgan fingerprint density at radius 2 is 1.39 bits per heavy atom. The zero-order valence-corrected chi connectivity index (χ0v) is 16.3. The summed E-state index contributed by atoms with van der Waals surface area (Å²) in [5, 5.41) is 0. The average Bonchev–Trinajstić information content (AvgIpc) is 2.42. The number of hydrogen-bond donors (Lipinski definition) is 0.